The number of hydrogen-bond acceptors (Lipinski definition) is 5. The highest BCUT2D eigenvalue weighted by Gasteiger charge is 2.03. The van der Waals surface area contributed by atoms with Crippen molar-refractivity contribution in [2.45, 2.75) is 6.54 Å². The van der Waals surface area contributed by atoms with E-state index in [-0.39, 0.29) is 0 Å². The number of hydrogen-bond donors (Lipinski definition) is 1. The van der Waals surface area contributed by atoms with Crippen molar-refractivity contribution in [2.75, 3.05) is 14.2 Å². The molecule has 2 aromatic rings. The number of hydrazone groups is 1. The molecule has 0 fully saturated rings. The van der Waals surface area contributed by atoms with Gasteiger partial charge >= 0.3 is 0 Å². The van der Waals surface area contributed by atoms with Crippen molar-refractivity contribution in [3.8, 4) is 11.5 Å². The Hall–Kier alpha value is -1.95. The number of benzene rings is 1. The van der Waals surface area contributed by atoms with Crippen molar-refractivity contribution in [2.24, 2.45) is 5.10 Å². The Balaban J connectivity index is 1.92. The molecule has 0 amide bonds. The van der Waals surface area contributed by atoms with E-state index in [1.807, 2.05) is 30.3 Å². The van der Waals surface area contributed by atoms with Gasteiger partial charge in [-0.15, -0.1) is 0 Å². The van der Waals surface area contributed by atoms with E-state index >= 15 is 0 Å². The monoisotopic (exact) mass is 338 g/mol. The molecule has 0 bridgehead atoms. The number of halogens is 1. The van der Waals surface area contributed by atoms with Crippen molar-refractivity contribution >= 4 is 22.1 Å². The largest absolute Gasteiger partial charge is 0.493 e. The van der Waals surface area contributed by atoms with Gasteiger partial charge < -0.3 is 19.3 Å². The minimum absolute atomic E-state index is 0.582. The first-order valence-corrected chi connectivity index (χ1v) is 6.74. The molecule has 1 N–H and O–H groups in total. The minimum atomic E-state index is 0.582. The lowest BCUT2D eigenvalue weighted by Crippen LogP contribution is -2.05. The van der Waals surface area contributed by atoms with Gasteiger partial charge in [0.05, 0.1) is 27.0 Å². The van der Waals surface area contributed by atoms with E-state index in [2.05, 4.69) is 26.5 Å². The maximum Gasteiger partial charge on any atom is 0.169 e. The molecule has 0 aliphatic rings. The summed E-state index contributed by atoms with van der Waals surface area (Å²) in [7, 11) is 3.23. The summed E-state index contributed by atoms with van der Waals surface area (Å²) in [4.78, 5) is 0. The fourth-order valence-electron chi connectivity index (χ4n) is 1.63. The predicted octanol–water partition coefficient (Wildman–Crippen LogP) is 3.18. The second-order valence-electron chi connectivity index (χ2n) is 3.92. The molecular weight excluding hydrogens is 324 g/mol. The third kappa shape index (κ3) is 3.77. The van der Waals surface area contributed by atoms with Gasteiger partial charge in [-0.05, 0) is 45.8 Å². The lowest BCUT2D eigenvalue weighted by atomic mass is 10.2. The fraction of sp³-hybridized carbons (Fsp3) is 0.214. The molecule has 0 aliphatic carbocycles. The molecule has 0 unspecified atom stereocenters. The van der Waals surface area contributed by atoms with Gasteiger partial charge in [-0.1, -0.05) is 6.07 Å². The second kappa shape index (κ2) is 7.00. The smallest absolute Gasteiger partial charge is 0.169 e. The number of furan rings is 1. The van der Waals surface area contributed by atoms with E-state index in [9.17, 15) is 0 Å². The molecule has 2 rings (SSSR count). The lowest BCUT2D eigenvalue weighted by molar-refractivity contribution is 0.354. The van der Waals surface area contributed by atoms with Gasteiger partial charge in [0.15, 0.2) is 16.2 Å². The summed E-state index contributed by atoms with van der Waals surface area (Å²) in [5, 5.41) is 4.09. The van der Waals surface area contributed by atoms with Gasteiger partial charge in [0.2, 0.25) is 0 Å². The molecule has 1 heterocycles. The van der Waals surface area contributed by atoms with E-state index in [0.717, 1.165) is 5.56 Å². The molecule has 20 heavy (non-hydrogen) atoms. The van der Waals surface area contributed by atoms with Crippen molar-refractivity contribution in [1.82, 2.24) is 5.43 Å². The molecule has 106 valence electrons. The summed E-state index contributed by atoms with van der Waals surface area (Å²) in [6, 6.07) is 9.36. The first-order chi connectivity index (χ1) is 9.72. The molecule has 0 saturated carbocycles. The van der Waals surface area contributed by atoms with Crippen LogP contribution in [-0.4, -0.2) is 20.4 Å². The molecule has 0 atom stereocenters. The van der Waals surface area contributed by atoms with E-state index in [1.165, 1.54) is 0 Å². The molecule has 1 aromatic carbocycles. The van der Waals surface area contributed by atoms with Gasteiger partial charge in [0.25, 0.3) is 0 Å². The Morgan fingerprint density at radius 2 is 2.00 bits per heavy atom. The van der Waals surface area contributed by atoms with Crippen LogP contribution in [0.2, 0.25) is 0 Å². The van der Waals surface area contributed by atoms with Crippen LogP contribution in [0.1, 0.15) is 11.3 Å². The maximum atomic E-state index is 5.29. The van der Waals surface area contributed by atoms with Gasteiger partial charge in [-0.25, -0.2) is 0 Å². The van der Waals surface area contributed by atoms with Crippen LogP contribution in [-0.2, 0) is 6.54 Å². The van der Waals surface area contributed by atoms with E-state index in [4.69, 9.17) is 13.9 Å². The highest BCUT2D eigenvalue weighted by atomic mass is 79.9. The highest BCUT2D eigenvalue weighted by Crippen LogP contribution is 2.27. The number of nitrogens with one attached hydrogen (secondary N) is 1. The predicted molar refractivity (Wildman–Crippen MR) is 80.4 cm³/mol. The number of ether oxygens (including phenoxy) is 2. The summed E-state index contributed by atoms with van der Waals surface area (Å²) in [6.45, 7) is 0.582. The molecule has 0 saturated heterocycles. The van der Waals surface area contributed by atoms with E-state index < -0.39 is 0 Å². The van der Waals surface area contributed by atoms with Gasteiger partial charge in [0, 0.05) is 0 Å². The summed E-state index contributed by atoms with van der Waals surface area (Å²) >= 11 is 3.23. The molecule has 5 nitrogen and oxygen atoms in total. The van der Waals surface area contributed by atoms with Gasteiger partial charge in [-0.2, -0.15) is 5.10 Å². The van der Waals surface area contributed by atoms with Gasteiger partial charge in [-0.3, -0.25) is 0 Å². The topological polar surface area (TPSA) is 56.0 Å². The number of rotatable bonds is 6. The van der Waals surface area contributed by atoms with Crippen LogP contribution in [0.4, 0.5) is 0 Å². The van der Waals surface area contributed by atoms with E-state index in [0.29, 0.717) is 28.5 Å². The minimum Gasteiger partial charge on any atom is -0.493 e. The Morgan fingerprint density at radius 1 is 1.20 bits per heavy atom. The zero-order valence-corrected chi connectivity index (χ0v) is 12.8. The van der Waals surface area contributed by atoms with E-state index in [1.54, 1.807) is 20.4 Å². The molecule has 0 aliphatic heterocycles. The van der Waals surface area contributed by atoms with Crippen molar-refractivity contribution in [3.05, 3.63) is 46.3 Å². The molecule has 1 aromatic heterocycles. The Bertz CT molecular complexity index is 596. The first kappa shape index (κ1) is 14.5. The fourth-order valence-corrected chi connectivity index (χ4v) is 1.95. The van der Waals surface area contributed by atoms with Crippen LogP contribution in [0.25, 0.3) is 0 Å². The molecule has 0 radical (unpaired) electrons. The summed E-state index contributed by atoms with van der Waals surface area (Å²) in [5.41, 5.74) is 3.99. The van der Waals surface area contributed by atoms with Gasteiger partial charge in [0.1, 0.15) is 5.76 Å². The standard InChI is InChI=1S/C14H15BrN2O3/c1-18-12-5-3-10(7-13(12)19-2)8-16-17-9-11-4-6-14(15)20-11/h3-7,9,16H,8H2,1-2H3/b17-9+. The SMILES string of the molecule is COc1ccc(CN/N=C/c2ccc(Br)o2)cc1OC. The number of nitrogens with zero attached hydrogens (tertiary/aromatic N) is 1. The van der Waals surface area contributed by atoms with Crippen LogP contribution >= 0.6 is 15.9 Å². The van der Waals surface area contributed by atoms with Crippen molar-refractivity contribution < 1.29 is 13.9 Å². The third-order valence-electron chi connectivity index (χ3n) is 2.61. The Kier molecular flexibility index (Phi) is 5.06. The zero-order chi connectivity index (χ0) is 14.4. The van der Waals surface area contributed by atoms with Crippen LogP contribution < -0.4 is 14.9 Å². The van der Waals surface area contributed by atoms with Crippen molar-refractivity contribution in [3.63, 3.8) is 0 Å². The molecule has 6 heteroatoms. The highest BCUT2D eigenvalue weighted by molar-refractivity contribution is 9.10. The van der Waals surface area contributed by atoms with Crippen LogP contribution in [0.15, 0.2) is 44.5 Å². The summed E-state index contributed by atoms with van der Waals surface area (Å²) in [6.07, 6.45) is 1.62. The maximum absolute atomic E-state index is 5.29. The van der Waals surface area contributed by atoms with Crippen molar-refractivity contribution in [1.29, 1.82) is 0 Å². The Labute approximate surface area is 125 Å². The quantitative estimate of drug-likeness (QED) is 0.649. The summed E-state index contributed by atoms with van der Waals surface area (Å²) in [5.74, 6) is 2.09. The second-order valence-corrected chi connectivity index (χ2v) is 4.71. The normalized spacial score (nSPS) is 10.8. The Morgan fingerprint density at radius 3 is 2.65 bits per heavy atom. The zero-order valence-electron chi connectivity index (χ0n) is 11.2. The average molecular weight is 339 g/mol. The lowest BCUT2D eigenvalue weighted by Gasteiger charge is -2.09. The molecule has 0 spiro atoms. The van der Waals surface area contributed by atoms with Crippen LogP contribution in [0.3, 0.4) is 0 Å². The third-order valence-corrected chi connectivity index (χ3v) is 3.03. The van der Waals surface area contributed by atoms with Crippen LogP contribution in [0, 0.1) is 0 Å². The van der Waals surface area contributed by atoms with Crippen LogP contribution in [0.5, 0.6) is 11.5 Å². The molecular formula is C14H15BrN2O3. The number of methoxy groups -OCH3 is 2. The average Bonchev–Trinajstić information content (AvgIpc) is 2.89. The first-order valence-electron chi connectivity index (χ1n) is 5.95. The summed E-state index contributed by atoms with van der Waals surface area (Å²) < 4.78 is 16.4.